The van der Waals surface area contributed by atoms with Gasteiger partial charge in [0.2, 0.25) is 0 Å². The Morgan fingerprint density at radius 3 is 2.50 bits per heavy atom. The highest BCUT2D eigenvalue weighted by molar-refractivity contribution is 8.15. The zero-order chi connectivity index (χ0) is 13.5. The third-order valence-electron chi connectivity index (χ3n) is 3.39. The Morgan fingerprint density at radius 1 is 1.50 bits per heavy atom. The lowest BCUT2D eigenvalue weighted by atomic mass is 9.91. The fraction of sp³-hybridized carbons (Fsp3) is 0.545. The lowest BCUT2D eigenvalue weighted by molar-refractivity contribution is 0.0651. The van der Waals surface area contributed by atoms with E-state index in [2.05, 4.69) is 0 Å². The molecule has 0 aromatic carbocycles. The van der Waals surface area contributed by atoms with Crippen molar-refractivity contribution in [3.8, 4) is 0 Å². The normalized spacial score (nSPS) is 16.4. The average molecular weight is 308 g/mol. The lowest BCUT2D eigenvalue weighted by Crippen LogP contribution is -2.41. The van der Waals surface area contributed by atoms with Gasteiger partial charge in [-0.05, 0) is 31.7 Å². The van der Waals surface area contributed by atoms with Crippen molar-refractivity contribution in [3.05, 3.63) is 16.5 Å². The molecule has 0 unspecified atom stereocenters. The van der Waals surface area contributed by atoms with Gasteiger partial charge in [0.15, 0.2) is 0 Å². The van der Waals surface area contributed by atoms with Crippen LogP contribution >= 0.6 is 22.0 Å². The van der Waals surface area contributed by atoms with Gasteiger partial charge in [-0.15, -0.1) is 11.3 Å². The molecule has 0 atom stereocenters. The van der Waals surface area contributed by atoms with E-state index in [9.17, 15) is 13.2 Å². The number of nitrogens with zero attached hydrogens (tertiary/aromatic N) is 1. The fourth-order valence-electron chi connectivity index (χ4n) is 1.98. The van der Waals surface area contributed by atoms with Crippen LogP contribution in [0.2, 0.25) is 0 Å². The Kier molecular flexibility index (Phi) is 3.71. The van der Waals surface area contributed by atoms with Gasteiger partial charge in [-0.25, -0.2) is 8.42 Å². The lowest BCUT2D eigenvalue weighted by Gasteiger charge is -2.34. The minimum Gasteiger partial charge on any atom is -0.339 e. The quantitative estimate of drug-likeness (QED) is 0.807. The Labute approximate surface area is 115 Å². The van der Waals surface area contributed by atoms with Crippen molar-refractivity contribution in [2.45, 2.75) is 36.4 Å². The van der Waals surface area contributed by atoms with Crippen LogP contribution < -0.4 is 0 Å². The Morgan fingerprint density at radius 2 is 2.11 bits per heavy atom. The maximum atomic E-state index is 12.2. The summed E-state index contributed by atoms with van der Waals surface area (Å²) in [4.78, 5) is 13.9. The van der Waals surface area contributed by atoms with Crippen molar-refractivity contribution >= 4 is 37.0 Å². The summed E-state index contributed by atoms with van der Waals surface area (Å²) in [5.41, 5.74) is 0.889. The largest absolute Gasteiger partial charge is 0.339 e. The Hall–Kier alpha value is -0.590. The van der Waals surface area contributed by atoms with Crippen molar-refractivity contribution in [1.29, 1.82) is 0 Å². The SMILES string of the molecule is Cc1c(C(=O)N(C)C2CCC2)csc1S(=O)(=O)Cl. The zero-order valence-electron chi connectivity index (χ0n) is 10.1. The first-order valence-corrected chi connectivity index (χ1v) is 8.81. The van der Waals surface area contributed by atoms with Gasteiger partial charge in [-0.1, -0.05) is 0 Å². The number of thiophene rings is 1. The van der Waals surface area contributed by atoms with Gasteiger partial charge < -0.3 is 4.90 Å². The van der Waals surface area contributed by atoms with Gasteiger partial charge in [-0.2, -0.15) is 0 Å². The topological polar surface area (TPSA) is 54.5 Å². The van der Waals surface area contributed by atoms with E-state index < -0.39 is 9.05 Å². The predicted molar refractivity (Wildman–Crippen MR) is 71.8 cm³/mol. The second kappa shape index (κ2) is 4.83. The van der Waals surface area contributed by atoms with E-state index in [4.69, 9.17) is 10.7 Å². The van der Waals surface area contributed by atoms with Crippen LogP contribution in [0.3, 0.4) is 0 Å². The molecule has 1 aromatic heterocycles. The molecule has 0 aliphatic heterocycles. The summed E-state index contributed by atoms with van der Waals surface area (Å²) in [5, 5.41) is 1.57. The van der Waals surface area contributed by atoms with Gasteiger partial charge in [0.1, 0.15) is 4.21 Å². The molecular formula is C11H14ClNO3S2. The standard InChI is InChI=1S/C11H14ClNO3S2/c1-7-9(6-17-11(7)18(12,15)16)10(14)13(2)8-4-3-5-8/h6,8H,3-5H2,1-2H3. The highest BCUT2D eigenvalue weighted by Crippen LogP contribution is 2.31. The smallest absolute Gasteiger partial charge is 0.271 e. The molecule has 1 aliphatic rings. The maximum absolute atomic E-state index is 12.2. The fourth-order valence-corrected chi connectivity index (χ4v) is 4.52. The predicted octanol–water partition coefficient (Wildman–Crippen LogP) is 2.61. The first kappa shape index (κ1) is 13.8. The van der Waals surface area contributed by atoms with Gasteiger partial charge in [-0.3, -0.25) is 4.79 Å². The summed E-state index contributed by atoms with van der Waals surface area (Å²) >= 11 is 0.999. The monoisotopic (exact) mass is 307 g/mol. The number of hydrogen-bond acceptors (Lipinski definition) is 4. The molecule has 0 radical (unpaired) electrons. The Bertz CT molecular complexity index is 575. The van der Waals surface area contributed by atoms with Gasteiger partial charge in [0.05, 0.1) is 5.56 Å². The van der Waals surface area contributed by atoms with E-state index in [-0.39, 0.29) is 16.2 Å². The number of carbonyl (C=O) groups excluding carboxylic acids is 1. The second-order valence-corrected chi connectivity index (χ2v) is 8.14. The molecule has 1 amide bonds. The van der Waals surface area contributed by atoms with Gasteiger partial charge >= 0.3 is 0 Å². The highest BCUT2D eigenvalue weighted by atomic mass is 35.7. The van der Waals surface area contributed by atoms with Crippen LogP contribution in [0, 0.1) is 6.92 Å². The number of rotatable bonds is 3. The summed E-state index contributed by atoms with van der Waals surface area (Å²) in [6.07, 6.45) is 3.18. The number of hydrogen-bond donors (Lipinski definition) is 0. The first-order valence-electron chi connectivity index (χ1n) is 5.62. The van der Waals surface area contributed by atoms with E-state index in [1.165, 1.54) is 0 Å². The van der Waals surface area contributed by atoms with Crippen LogP contribution in [0.15, 0.2) is 9.59 Å². The molecule has 4 nitrogen and oxygen atoms in total. The molecule has 0 spiro atoms. The van der Waals surface area contributed by atoms with Crippen LogP contribution in [-0.2, 0) is 9.05 Å². The van der Waals surface area contributed by atoms with E-state index in [0.29, 0.717) is 11.1 Å². The summed E-state index contributed by atoms with van der Waals surface area (Å²) in [6, 6.07) is 0.285. The van der Waals surface area contributed by atoms with Gasteiger partial charge in [0.25, 0.3) is 15.0 Å². The number of carbonyl (C=O) groups is 1. The van der Waals surface area contributed by atoms with Crippen molar-refractivity contribution in [2.24, 2.45) is 0 Å². The Balaban J connectivity index is 2.29. The average Bonchev–Trinajstić information content (AvgIpc) is 2.55. The summed E-state index contributed by atoms with van der Waals surface area (Å²) in [5.74, 6) is -0.125. The molecule has 1 fully saturated rings. The first-order chi connectivity index (χ1) is 8.32. The third kappa shape index (κ3) is 2.41. The minimum atomic E-state index is -3.76. The van der Waals surface area contributed by atoms with E-state index >= 15 is 0 Å². The molecule has 1 heterocycles. The van der Waals surface area contributed by atoms with Gasteiger partial charge in [0, 0.05) is 29.2 Å². The van der Waals surface area contributed by atoms with E-state index in [1.807, 2.05) is 0 Å². The molecule has 1 saturated carbocycles. The van der Waals surface area contributed by atoms with Crippen molar-refractivity contribution in [2.75, 3.05) is 7.05 Å². The molecule has 100 valence electrons. The molecule has 0 bridgehead atoms. The summed E-state index contributed by atoms with van der Waals surface area (Å²) in [6.45, 7) is 1.62. The van der Waals surface area contributed by atoms with Crippen molar-refractivity contribution < 1.29 is 13.2 Å². The second-order valence-electron chi connectivity index (χ2n) is 4.50. The molecule has 2 rings (SSSR count). The van der Waals surface area contributed by atoms with Crippen LogP contribution in [0.1, 0.15) is 35.2 Å². The molecule has 7 heteroatoms. The maximum Gasteiger partial charge on any atom is 0.271 e. The van der Waals surface area contributed by atoms with Crippen LogP contribution in [0.25, 0.3) is 0 Å². The summed E-state index contributed by atoms with van der Waals surface area (Å²) < 4.78 is 22.7. The minimum absolute atomic E-state index is 0.0644. The summed E-state index contributed by atoms with van der Waals surface area (Å²) in [7, 11) is 3.32. The van der Waals surface area contributed by atoms with E-state index in [1.54, 1.807) is 24.3 Å². The highest BCUT2D eigenvalue weighted by Gasteiger charge is 2.29. The molecule has 1 aromatic rings. The number of amides is 1. The molecule has 1 aliphatic carbocycles. The van der Waals surface area contributed by atoms with E-state index in [0.717, 1.165) is 30.6 Å². The molecule has 18 heavy (non-hydrogen) atoms. The van der Waals surface area contributed by atoms with Crippen LogP contribution in [0.4, 0.5) is 0 Å². The molecule has 0 saturated heterocycles. The van der Waals surface area contributed by atoms with Crippen LogP contribution in [-0.4, -0.2) is 32.3 Å². The van der Waals surface area contributed by atoms with Crippen LogP contribution in [0.5, 0.6) is 0 Å². The van der Waals surface area contributed by atoms with Crippen molar-refractivity contribution in [3.63, 3.8) is 0 Å². The third-order valence-corrected chi connectivity index (χ3v) is 6.70. The zero-order valence-corrected chi connectivity index (χ0v) is 12.5. The molecular weight excluding hydrogens is 294 g/mol. The molecule has 0 N–H and O–H groups in total. The number of halogens is 1. The van der Waals surface area contributed by atoms with Crippen molar-refractivity contribution in [1.82, 2.24) is 4.90 Å².